The van der Waals surface area contributed by atoms with Crippen molar-refractivity contribution in [3.63, 3.8) is 0 Å². The first-order valence-corrected chi connectivity index (χ1v) is 9.03. The number of anilines is 1. The monoisotopic (exact) mass is 469 g/mol. The molecule has 3 aromatic rings. The zero-order valence-corrected chi connectivity index (χ0v) is 17.4. The molecule has 6 nitrogen and oxygen atoms in total. The van der Waals surface area contributed by atoms with E-state index in [0.29, 0.717) is 12.1 Å². The van der Waals surface area contributed by atoms with Crippen molar-refractivity contribution in [2.24, 2.45) is 0 Å². The van der Waals surface area contributed by atoms with Gasteiger partial charge in [-0.25, -0.2) is 13.2 Å². The van der Waals surface area contributed by atoms with E-state index in [9.17, 15) is 26.3 Å². The molecule has 2 heterocycles. The molecule has 3 rings (SSSR count). The highest BCUT2D eigenvalue weighted by atomic mass is 35.5. The number of carbonyl (C=O) groups is 1. The number of halogens is 7. The summed E-state index contributed by atoms with van der Waals surface area (Å²) in [5.74, 6) is -4.45. The van der Waals surface area contributed by atoms with Gasteiger partial charge in [0.05, 0.1) is 11.1 Å². The maximum atomic E-state index is 14.2. The second-order valence-electron chi connectivity index (χ2n) is 5.92. The van der Waals surface area contributed by atoms with Crippen LogP contribution in [0.25, 0.3) is 16.9 Å². The quantitative estimate of drug-likeness (QED) is 0.412. The Bertz CT molecular complexity index is 1020. The van der Waals surface area contributed by atoms with Crippen molar-refractivity contribution in [2.45, 2.75) is 33.4 Å². The van der Waals surface area contributed by atoms with Crippen LogP contribution in [0.2, 0.25) is 5.15 Å². The third kappa shape index (κ3) is 6.54. The van der Waals surface area contributed by atoms with Gasteiger partial charge in [0.15, 0.2) is 0 Å². The number of fused-ring (bicyclic) bond motifs is 1. The van der Waals surface area contributed by atoms with Crippen molar-refractivity contribution in [1.82, 2.24) is 19.6 Å². The average molecular weight is 470 g/mol. The molecular weight excluding hydrogens is 452 g/mol. The van der Waals surface area contributed by atoms with Crippen molar-refractivity contribution < 1.29 is 31.1 Å². The van der Waals surface area contributed by atoms with Crippen LogP contribution in [0.4, 0.5) is 32.2 Å². The van der Waals surface area contributed by atoms with Gasteiger partial charge in [0.1, 0.15) is 47.6 Å². The summed E-state index contributed by atoms with van der Waals surface area (Å²) in [6.45, 7) is 6.15. The molecule has 0 radical (unpaired) electrons. The number of hydrogen-bond acceptors (Lipinski definition) is 5. The Morgan fingerprint density at radius 2 is 1.58 bits per heavy atom. The SMILES string of the molecule is C=O.CCC.Cc1nc2nc(Cl)c(-c3c(F)cc(F)cc3F)c(NCC(F)(F)F)n2n1. The van der Waals surface area contributed by atoms with E-state index < -0.39 is 52.3 Å². The molecule has 0 bridgehead atoms. The lowest BCUT2D eigenvalue weighted by Crippen LogP contribution is -2.23. The van der Waals surface area contributed by atoms with E-state index in [2.05, 4.69) is 28.9 Å². The second-order valence-corrected chi connectivity index (χ2v) is 6.28. The van der Waals surface area contributed by atoms with Crippen molar-refractivity contribution in [3.8, 4) is 11.1 Å². The van der Waals surface area contributed by atoms with Crippen molar-refractivity contribution in [3.05, 3.63) is 40.6 Å². The van der Waals surface area contributed by atoms with Gasteiger partial charge in [-0.3, -0.25) is 0 Å². The zero-order chi connectivity index (χ0) is 23.9. The third-order valence-corrected chi connectivity index (χ3v) is 3.54. The van der Waals surface area contributed by atoms with Gasteiger partial charge in [0, 0.05) is 12.1 Å². The Morgan fingerprint density at radius 1 is 1.06 bits per heavy atom. The van der Waals surface area contributed by atoms with E-state index in [1.54, 1.807) is 0 Å². The maximum absolute atomic E-state index is 14.2. The minimum atomic E-state index is -4.64. The summed E-state index contributed by atoms with van der Waals surface area (Å²) in [6.07, 6.45) is -3.39. The fraction of sp³-hybridized carbons (Fsp3) is 0.333. The number of aromatic nitrogens is 4. The number of benzene rings is 1. The van der Waals surface area contributed by atoms with Crippen LogP contribution in [0.1, 0.15) is 26.1 Å². The van der Waals surface area contributed by atoms with Crippen LogP contribution >= 0.6 is 11.6 Å². The van der Waals surface area contributed by atoms with Gasteiger partial charge in [0.25, 0.3) is 5.78 Å². The molecule has 0 unspecified atom stereocenters. The van der Waals surface area contributed by atoms with E-state index in [-0.39, 0.29) is 11.6 Å². The molecular formula is C18H18ClF6N5O. The molecule has 0 atom stereocenters. The number of hydrogen-bond donors (Lipinski definition) is 1. The molecule has 31 heavy (non-hydrogen) atoms. The van der Waals surface area contributed by atoms with E-state index in [1.807, 2.05) is 12.1 Å². The zero-order valence-electron chi connectivity index (χ0n) is 16.6. The lowest BCUT2D eigenvalue weighted by molar-refractivity contribution is -0.115. The van der Waals surface area contributed by atoms with Crippen LogP contribution in [0.15, 0.2) is 12.1 Å². The first-order chi connectivity index (χ1) is 14.5. The van der Waals surface area contributed by atoms with Crippen molar-refractivity contribution in [2.75, 3.05) is 11.9 Å². The van der Waals surface area contributed by atoms with Crippen LogP contribution in [-0.2, 0) is 4.79 Å². The fourth-order valence-electron chi connectivity index (χ4n) is 2.32. The first kappa shape index (κ1) is 26.1. The van der Waals surface area contributed by atoms with Crippen LogP contribution in [0.5, 0.6) is 0 Å². The van der Waals surface area contributed by atoms with Crippen LogP contribution in [0, 0.1) is 24.4 Å². The van der Waals surface area contributed by atoms with Gasteiger partial charge in [-0.15, -0.1) is 5.10 Å². The topological polar surface area (TPSA) is 72.2 Å². The standard InChI is InChI=1S/C14H8ClF6N5.C3H8.CH2O/c1-5-23-13-24-11(15)10(9-7(17)2-6(16)3-8(9)18)12(26(13)25-5)22-4-14(19,20)21;1-3-2;1-2/h2-3,22H,4H2,1H3;3H2,1-2H3;1H2. The molecule has 0 aliphatic heterocycles. The predicted octanol–water partition coefficient (Wildman–Crippen LogP) is 5.38. The van der Waals surface area contributed by atoms with E-state index in [0.717, 1.165) is 4.52 Å². The summed E-state index contributed by atoms with van der Waals surface area (Å²) >= 11 is 5.95. The van der Waals surface area contributed by atoms with Gasteiger partial charge in [-0.1, -0.05) is 31.9 Å². The Morgan fingerprint density at radius 3 is 2.06 bits per heavy atom. The average Bonchev–Trinajstić information content (AvgIpc) is 3.01. The number of carbonyl (C=O) groups excluding carboxylic acids is 1. The van der Waals surface area contributed by atoms with Crippen LogP contribution in [0.3, 0.4) is 0 Å². The number of aryl methyl sites for hydroxylation is 1. The highest BCUT2D eigenvalue weighted by Gasteiger charge is 2.30. The number of nitrogens with zero attached hydrogens (tertiary/aromatic N) is 4. The van der Waals surface area contributed by atoms with Gasteiger partial charge < -0.3 is 10.1 Å². The summed E-state index contributed by atoms with van der Waals surface area (Å²) in [5, 5.41) is 5.33. The number of rotatable bonds is 3. The maximum Gasteiger partial charge on any atom is 0.405 e. The summed E-state index contributed by atoms with van der Waals surface area (Å²) in [5.41, 5.74) is -1.38. The van der Waals surface area contributed by atoms with E-state index >= 15 is 0 Å². The highest BCUT2D eigenvalue weighted by Crippen LogP contribution is 2.38. The molecule has 0 spiro atoms. The number of nitrogens with one attached hydrogen (secondary N) is 1. The molecule has 0 amide bonds. The lowest BCUT2D eigenvalue weighted by atomic mass is 10.1. The smallest absolute Gasteiger partial charge is 0.360 e. The molecule has 1 N–H and O–H groups in total. The molecule has 0 aliphatic rings. The van der Waals surface area contributed by atoms with E-state index in [1.165, 1.54) is 13.3 Å². The third-order valence-electron chi connectivity index (χ3n) is 3.26. The molecule has 170 valence electrons. The Kier molecular flexibility index (Phi) is 9.22. The van der Waals surface area contributed by atoms with Gasteiger partial charge >= 0.3 is 6.18 Å². The number of alkyl halides is 3. The minimum Gasteiger partial charge on any atom is -0.360 e. The first-order valence-electron chi connectivity index (χ1n) is 8.65. The highest BCUT2D eigenvalue weighted by molar-refractivity contribution is 6.33. The molecule has 13 heteroatoms. The molecule has 0 saturated carbocycles. The molecule has 0 fully saturated rings. The second kappa shape index (κ2) is 10.9. The van der Waals surface area contributed by atoms with Crippen LogP contribution < -0.4 is 5.32 Å². The molecule has 1 aromatic carbocycles. The van der Waals surface area contributed by atoms with Gasteiger partial charge in [-0.2, -0.15) is 27.7 Å². The van der Waals surface area contributed by atoms with Crippen molar-refractivity contribution in [1.29, 1.82) is 0 Å². The lowest BCUT2D eigenvalue weighted by Gasteiger charge is -2.16. The summed E-state index contributed by atoms with van der Waals surface area (Å²) < 4.78 is 80.3. The minimum absolute atomic E-state index is 0.140. The largest absolute Gasteiger partial charge is 0.405 e. The fourth-order valence-corrected chi connectivity index (χ4v) is 2.58. The molecule has 0 aliphatic carbocycles. The Balaban J connectivity index is 0.000000884. The summed E-state index contributed by atoms with van der Waals surface area (Å²) in [4.78, 5) is 15.6. The van der Waals surface area contributed by atoms with Crippen LogP contribution in [-0.4, -0.2) is 39.1 Å². The molecule has 2 aromatic heterocycles. The summed E-state index contributed by atoms with van der Waals surface area (Å²) in [6, 6.07) is 0.748. The molecule has 0 saturated heterocycles. The Hall–Kier alpha value is -2.89. The van der Waals surface area contributed by atoms with Gasteiger partial charge in [-0.05, 0) is 6.92 Å². The predicted molar refractivity (Wildman–Crippen MR) is 103 cm³/mol. The normalized spacial score (nSPS) is 10.8. The van der Waals surface area contributed by atoms with E-state index in [4.69, 9.17) is 16.4 Å². The Labute approximate surface area is 178 Å². The summed E-state index contributed by atoms with van der Waals surface area (Å²) in [7, 11) is 0. The van der Waals surface area contributed by atoms with Crippen molar-refractivity contribution >= 4 is 30.0 Å². The van der Waals surface area contributed by atoms with Gasteiger partial charge in [0.2, 0.25) is 0 Å².